The molecule has 0 spiro atoms. The number of aromatic nitrogens is 7. The van der Waals surface area contributed by atoms with Crippen LogP contribution in [0.1, 0.15) is 43.9 Å². The second-order valence-corrected chi connectivity index (χ2v) is 17.2. The largest absolute Gasteiger partial charge is 0.384 e. The molecule has 4 aliphatic rings. The standard InChI is InChI=1S/C45H51N13O4/c1-4-18-57-42(60)35-27-46-43(50-40(35)58(57)37-12-5-30-13-17-45(2,62)39(30)48-37)47-31-6-8-32(9-7-31)55-24-22-53(23-25-55)28-29-14-19-54(20-15-29)33-10-11-34-36(26-33)52(3)51-41(34)56-21-16-38(59)49-44(56)61/h4-12,26-27,29,62H,1,13-25,28H2,2-3H3,(H,46,47,50)(H,49,59,61). The Bertz CT molecular complexity index is 2770. The van der Waals surface area contributed by atoms with E-state index in [1.807, 2.05) is 42.1 Å². The van der Waals surface area contributed by atoms with E-state index in [0.29, 0.717) is 53.2 Å². The van der Waals surface area contributed by atoms with Crippen molar-refractivity contribution in [2.75, 3.05) is 72.4 Å². The Morgan fingerprint density at radius 3 is 2.42 bits per heavy atom. The van der Waals surface area contributed by atoms with Crippen molar-refractivity contribution >= 4 is 62.7 Å². The van der Waals surface area contributed by atoms with Gasteiger partial charge in [-0.25, -0.2) is 24.1 Å². The first kappa shape index (κ1) is 39.5. The number of piperidine rings is 1. The number of rotatable bonds is 10. The van der Waals surface area contributed by atoms with Gasteiger partial charge in [0.15, 0.2) is 17.3 Å². The highest BCUT2D eigenvalue weighted by molar-refractivity contribution is 6.09. The third-order valence-corrected chi connectivity index (χ3v) is 13.0. The summed E-state index contributed by atoms with van der Waals surface area (Å²) >= 11 is 0. The molecule has 17 heteroatoms. The third kappa shape index (κ3) is 7.23. The van der Waals surface area contributed by atoms with Crippen molar-refractivity contribution in [2.45, 2.75) is 51.2 Å². The monoisotopic (exact) mass is 837 g/mol. The number of imide groups is 1. The molecule has 3 aliphatic heterocycles. The van der Waals surface area contributed by atoms with E-state index < -0.39 is 11.6 Å². The predicted molar refractivity (Wildman–Crippen MR) is 239 cm³/mol. The molecule has 320 valence electrons. The highest BCUT2D eigenvalue weighted by atomic mass is 16.3. The lowest BCUT2D eigenvalue weighted by Crippen LogP contribution is -2.49. The van der Waals surface area contributed by atoms with Gasteiger partial charge >= 0.3 is 6.03 Å². The van der Waals surface area contributed by atoms with Gasteiger partial charge in [0.05, 0.1) is 17.8 Å². The quantitative estimate of drug-likeness (QED) is 0.166. The number of aliphatic hydroxyl groups is 1. The molecule has 1 aliphatic carbocycles. The van der Waals surface area contributed by atoms with E-state index in [4.69, 9.17) is 9.97 Å². The van der Waals surface area contributed by atoms with Gasteiger partial charge in [0.1, 0.15) is 11.0 Å². The normalized spacial score (nSPS) is 20.0. The summed E-state index contributed by atoms with van der Waals surface area (Å²) in [6.07, 6.45) is 7.09. The summed E-state index contributed by atoms with van der Waals surface area (Å²) < 4.78 is 5.05. The van der Waals surface area contributed by atoms with Crippen LogP contribution in [0.2, 0.25) is 0 Å². The summed E-state index contributed by atoms with van der Waals surface area (Å²) in [6, 6.07) is 18.1. The Morgan fingerprint density at radius 2 is 1.66 bits per heavy atom. The van der Waals surface area contributed by atoms with Crippen LogP contribution in [0, 0.1) is 5.92 Å². The zero-order valence-corrected chi connectivity index (χ0v) is 35.1. The van der Waals surface area contributed by atoms with E-state index in [-0.39, 0.29) is 24.4 Å². The minimum atomic E-state index is -1.03. The summed E-state index contributed by atoms with van der Waals surface area (Å²) in [7, 11) is 1.90. The van der Waals surface area contributed by atoms with Gasteiger partial charge in [-0.3, -0.25) is 29.4 Å². The maximum Gasteiger partial charge on any atom is 0.329 e. The third-order valence-electron chi connectivity index (χ3n) is 13.0. The summed E-state index contributed by atoms with van der Waals surface area (Å²) in [5, 5.41) is 22.6. The maximum absolute atomic E-state index is 13.5. The second kappa shape index (κ2) is 15.7. The SMILES string of the molecule is C=CCn1c(=O)c2cnc(Nc3ccc(N4CCN(CC5CCN(c6ccc7c(N8CCC(=O)NC8=O)nn(C)c7c6)CC5)CC4)cc3)nc2n1-c1ccc2c(n1)C(C)(O)CC2. The lowest BCUT2D eigenvalue weighted by molar-refractivity contribution is -0.120. The molecule has 10 rings (SSSR count). The fraction of sp³-hybridized carbons (Fsp3) is 0.400. The minimum Gasteiger partial charge on any atom is -0.384 e. The topological polar surface area (TPSA) is 175 Å². The van der Waals surface area contributed by atoms with E-state index in [1.54, 1.807) is 33.5 Å². The molecule has 0 radical (unpaired) electrons. The zero-order chi connectivity index (χ0) is 42.7. The molecule has 62 heavy (non-hydrogen) atoms. The van der Waals surface area contributed by atoms with Crippen LogP contribution in [0.15, 0.2) is 78.2 Å². The Kier molecular flexibility index (Phi) is 10.0. The molecular weight excluding hydrogens is 787 g/mol. The predicted octanol–water partition coefficient (Wildman–Crippen LogP) is 4.43. The smallest absolute Gasteiger partial charge is 0.329 e. The van der Waals surface area contributed by atoms with Gasteiger partial charge in [-0.15, -0.1) is 6.58 Å². The van der Waals surface area contributed by atoms with Crippen molar-refractivity contribution in [2.24, 2.45) is 13.0 Å². The van der Waals surface area contributed by atoms with Crippen molar-refractivity contribution in [1.29, 1.82) is 0 Å². The van der Waals surface area contributed by atoms with Gasteiger partial charge in [-0.1, -0.05) is 12.1 Å². The molecular formula is C45H51N13O4. The van der Waals surface area contributed by atoms with Crippen molar-refractivity contribution < 1.29 is 14.7 Å². The number of anilines is 5. The summed E-state index contributed by atoms with van der Waals surface area (Å²) in [5.74, 6) is 1.83. The molecule has 17 nitrogen and oxygen atoms in total. The number of benzene rings is 2. The van der Waals surface area contributed by atoms with E-state index >= 15 is 0 Å². The maximum atomic E-state index is 13.5. The summed E-state index contributed by atoms with van der Waals surface area (Å²) in [6.45, 7) is 13.2. The molecule has 7 heterocycles. The van der Waals surface area contributed by atoms with Crippen molar-refractivity contribution in [3.8, 4) is 5.82 Å². The molecule has 3 N–H and O–H groups in total. The number of nitrogens with one attached hydrogen (secondary N) is 2. The molecule has 3 saturated heterocycles. The van der Waals surface area contributed by atoms with Gasteiger partial charge in [-0.05, 0) is 92.6 Å². The van der Waals surface area contributed by atoms with Crippen LogP contribution < -0.4 is 30.9 Å². The first-order valence-electron chi connectivity index (χ1n) is 21.5. The number of amides is 3. The number of hydrogen-bond acceptors (Lipinski definition) is 12. The minimum absolute atomic E-state index is 0.241. The second-order valence-electron chi connectivity index (χ2n) is 17.2. The van der Waals surface area contributed by atoms with Crippen LogP contribution in [-0.4, -0.2) is 108 Å². The van der Waals surface area contributed by atoms with Crippen LogP contribution in [-0.2, 0) is 30.4 Å². The first-order valence-corrected chi connectivity index (χ1v) is 21.5. The number of urea groups is 1. The Labute approximate surface area is 358 Å². The lowest BCUT2D eigenvalue weighted by Gasteiger charge is -2.40. The van der Waals surface area contributed by atoms with Gasteiger partial charge in [-0.2, -0.15) is 10.1 Å². The van der Waals surface area contributed by atoms with E-state index in [0.717, 1.165) is 92.9 Å². The fourth-order valence-electron chi connectivity index (χ4n) is 9.57. The average Bonchev–Trinajstić information content (AvgIpc) is 3.87. The van der Waals surface area contributed by atoms with Crippen molar-refractivity contribution in [1.82, 2.24) is 44.3 Å². The average molecular weight is 838 g/mol. The van der Waals surface area contributed by atoms with Crippen molar-refractivity contribution in [3.63, 3.8) is 0 Å². The number of carbonyl (C=O) groups is 2. The number of aryl methyl sites for hydroxylation is 2. The summed E-state index contributed by atoms with van der Waals surface area (Å²) in [4.78, 5) is 60.9. The Morgan fingerprint density at radius 1 is 0.903 bits per heavy atom. The molecule has 1 atom stereocenters. The molecule has 3 fully saturated rings. The number of piperazine rings is 1. The molecule has 6 aromatic rings. The molecule has 0 bridgehead atoms. The van der Waals surface area contributed by atoms with Gasteiger partial charge < -0.3 is 20.2 Å². The first-order chi connectivity index (χ1) is 30.0. The number of allylic oxidation sites excluding steroid dienone is 1. The van der Waals surface area contributed by atoms with Crippen LogP contribution in [0.25, 0.3) is 27.8 Å². The zero-order valence-electron chi connectivity index (χ0n) is 35.1. The Hall–Kier alpha value is -6.59. The van der Waals surface area contributed by atoms with Gasteiger partial charge in [0, 0.05) is 94.5 Å². The van der Waals surface area contributed by atoms with Crippen LogP contribution in [0.3, 0.4) is 0 Å². The summed E-state index contributed by atoms with van der Waals surface area (Å²) in [5.41, 5.74) is 4.90. The number of hydrogen-bond donors (Lipinski definition) is 3. The van der Waals surface area contributed by atoms with Crippen molar-refractivity contribution in [3.05, 3.63) is 95.1 Å². The molecule has 1 unspecified atom stereocenters. The van der Waals surface area contributed by atoms with E-state index in [9.17, 15) is 19.5 Å². The number of pyridine rings is 1. The van der Waals surface area contributed by atoms with Crippen LogP contribution in [0.5, 0.6) is 0 Å². The molecule has 0 saturated carbocycles. The molecule has 3 amide bonds. The fourth-order valence-corrected chi connectivity index (χ4v) is 9.57. The highest BCUT2D eigenvalue weighted by Gasteiger charge is 2.35. The van der Waals surface area contributed by atoms with Crippen LogP contribution >= 0.6 is 0 Å². The lowest BCUT2D eigenvalue weighted by atomic mass is 9.95. The molecule has 2 aromatic carbocycles. The van der Waals surface area contributed by atoms with Gasteiger partial charge in [0.2, 0.25) is 11.9 Å². The Balaban J connectivity index is 0.741. The number of carbonyl (C=O) groups excluding carboxylic acids is 2. The van der Waals surface area contributed by atoms with E-state index in [1.165, 1.54) is 5.69 Å². The van der Waals surface area contributed by atoms with E-state index in [2.05, 4.69) is 66.3 Å². The number of fused-ring (bicyclic) bond motifs is 3. The van der Waals surface area contributed by atoms with Crippen LogP contribution in [0.4, 0.5) is 33.6 Å². The molecule has 4 aromatic heterocycles. The van der Waals surface area contributed by atoms with Gasteiger partial charge in [0.25, 0.3) is 5.56 Å². The highest BCUT2D eigenvalue weighted by Crippen LogP contribution is 2.36. The number of nitrogens with zero attached hydrogens (tertiary/aromatic N) is 11.